The van der Waals surface area contributed by atoms with Crippen molar-refractivity contribution in [2.45, 2.75) is 48.9 Å². The number of alkyl halides is 3. The van der Waals surface area contributed by atoms with Gasteiger partial charge in [0.05, 0.1) is 38.7 Å². The Hall–Kier alpha value is -4.12. The Morgan fingerprint density at radius 1 is 1.07 bits per heavy atom. The highest BCUT2D eigenvalue weighted by Gasteiger charge is 2.52. The summed E-state index contributed by atoms with van der Waals surface area (Å²) in [5.41, 5.74) is 0.404. The molecular formula is C31H25F4N3O3S. The van der Waals surface area contributed by atoms with Gasteiger partial charge in [0.25, 0.3) is 0 Å². The van der Waals surface area contributed by atoms with E-state index in [4.69, 9.17) is 0 Å². The van der Waals surface area contributed by atoms with Crippen molar-refractivity contribution in [3.8, 4) is 5.69 Å². The number of allylic oxidation sites excluding steroid dienone is 1. The summed E-state index contributed by atoms with van der Waals surface area (Å²) in [6.07, 6.45) is -0.0370. The number of ketones is 1. The van der Waals surface area contributed by atoms with Gasteiger partial charge in [-0.2, -0.15) is 18.3 Å². The Balaban J connectivity index is 1.47. The molecule has 2 atom stereocenters. The molecule has 11 heteroatoms. The maximum Gasteiger partial charge on any atom is 0.416 e. The summed E-state index contributed by atoms with van der Waals surface area (Å²) < 4.78 is 83.5. The van der Waals surface area contributed by atoms with Crippen LogP contribution >= 0.6 is 0 Å². The van der Waals surface area contributed by atoms with Crippen molar-refractivity contribution in [3.63, 3.8) is 0 Å². The minimum atomic E-state index is -4.69. The number of nitrogens with zero attached hydrogens (tertiary/aromatic N) is 3. The molecule has 0 amide bonds. The van der Waals surface area contributed by atoms with E-state index in [2.05, 4.69) is 10.1 Å². The molecule has 216 valence electrons. The molecule has 1 saturated carbocycles. The van der Waals surface area contributed by atoms with Crippen LogP contribution < -0.4 is 0 Å². The monoisotopic (exact) mass is 595 g/mol. The van der Waals surface area contributed by atoms with Gasteiger partial charge in [0.1, 0.15) is 11.5 Å². The van der Waals surface area contributed by atoms with Gasteiger partial charge >= 0.3 is 6.18 Å². The lowest BCUT2D eigenvalue weighted by Gasteiger charge is -2.43. The summed E-state index contributed by atoms with van der Waals surface area (Å²) >= 11 is 0. The molecule has 0 aliphatic heterocycles. The summed E-state index contributed by atoms with van der Waals surface area (Å²) in [6.45, 7) is 1.78. The van der Waals surface area contributed by atoms with Crippen LogP contribution in [0.2, 0.25) is 0 Å². The zero-order valence-corrected chi connectivity index (χ0v) is 23.2. The molecule has 6 rings (SSSR count). The molecule has 0 unspecified atom stereocenters. The normalized spacial score (nSPS) is 20.4. The van der Waals surface area contributed by atoms with Crippen LogP contribution in [0.5, 0.6) is 0 Å². The van der Waals surface area contributed by atoms with Crippen molar-refractivity contribution >= 4 is 21.7 Å². The minimum Gasteiger partial charge on any atom is -0.291 e. The summed E-state index contributed by atoms with van der Waals surface area (Å²) in [4.78, 5) is 18.4. The molecule has 2 heterocycles. The number of pyridine rings is 1. The van der Waals surface area contributed by atoms with Gasteiger partial charge in [-0.05, 0) is 98.3 Å². The smallest absolute Gasteiger partial charge is 0.291 e. The quantitative estimate of drug-likeness (QED) is 0.193. The number of hydrogen-bond acceptors (Lipinski definition) is 5. The molecule has 0 radical (unpaired) electrons. The summed E-state index contributed by atoms with van der Waals surface area (Å²) in [5.74, 6) is -1.08. The molecule has 6 nitrogen and oxygen atoms in total. The molecule has 0 spiro atoms. The van der Waals surface area contributed by atoms with Crippen LogP contribution in [0.3, 0.4) is 0 Å². The third-order valence-electron chi connectivity index (χ3n) is 8.20. The van der Waals surface area contributed by atoms with Crippen molar-refractivity contribution in [1.82, 2.24) is 14.8 Å². The summed E-state index contributed by atoms with van der Waals surface area (Å²) in [5, 5.41) is 3.50. The Morgan fingerprint density at radius 3 is 2.55 bits per heavy atom. The number of aromatic nitrogens is 3. The minimum absolute atomic E-state index is 0.0337. The van der Waals surface area contributed by atoms with Gasteiger partial charge in [-0.1, -0.05) is 17.7 Å². The van der Waals surface area contributed by atoms with E-state index in [1.807, 2.05) is 0 Å². The van der Waals surface area contributed by atoms with Gasteiger partial charge < -0.3 is 0 Å². The zero-order valence-electron chi connectivity index (χ0n) is 22.4. The number of Topliss-reactive ketones (excluding diaryl/α,β-unsaturated/α-hetero) is 1. The highest BCUT2D eigenvalue weighted by atomic mass is 32.2. The van der Waals surface area contributed by atoms with Crippen LogP contribution in [0, 0.1) is 18.2 Å². The van der Waals surface area contributed by atoms with E-state index < -0.39 is 43.8 Å². The van der Waals surface area contributed by atoms with Gasteiger partial charge in [0, 0.05) is 6.20 Å². The van der Waals surface area contributed by atoms with Crippen molar-refractivity contribution < 1.29 is 30.8 Å². The number of halogens is 4. The fraction of sp³-hybridized carbons (Fsp3) is 0.258. The Bertz CT molecular complexity index is 1850. The second kappa shape index (κ2) is 10.0. The first kappa shape index (κ1) is 28.0. The first-order valence-electron chi connectivity index (χ1n) is 13.3. The molecular weight excluding hydrogens is 570 g/mol. The van der Waals surface area contributed by atoms with Crippen LogP contribution in [-0.2, 0) is 22.4 Å². The molecule has 42 heavy (non-hydrogen) atoms. The predicted octanol–water partition coefficient (Wildman–Crippen LogP) is 6.57. The Morgan fingerprint density at radius 2 is 1.83 bits per heavy atom. The number of sulfone groups is 1. The Kier molecular flexibility index (Phi) is 6.68. The number of benzene rings is 2. The van der Waals surface area contributed by atoms with Crippen LogP contribution in [-0.4, -0.2) is 34.2 Å². The fourth-order valence-electron chi connectivity index (χ4n) is 6.08. The topological polar surface area (TPSA) is 81.9 Å². The van der Waals surface area contributed by atoms with Crippen molar-refractivity contribution in [2.24, 2.45) is 5.41 Å². The number of aryl methyl sites for hydroxylation is 1. The predicted molar refractivity (Wildman–Crippen MR) is 147 cm³/mol. The highest BCUT2D eigenvalue weighted by Crippen LogP contribution is 2.52. The molecule has 2 aliphatic carbocycles. The molecule has 1 fully saturated rings. The van der Waals surface area contributed by atoms with E-state index in [-0.39, 0.29) is 36.3 Å². The van der Waals surface area contributed by atoms with E-state index in [1.54, 1.807) is 54.2 Å². The van der Waals surface area contributed by atoms with Crippen LogP contribution in [0.1, 0.15) is 52.1 Å². The SMILES string of the molecule is Cc1cccc(S(=O)(=O)[C@@H]2CCC3=Cc4c(cnn4-c4ccc(F)cc4)C[C@]3(C(=O)c3cc(C(F)(F)F)ccn3)C2)c1. The third-order valence-corrected chi connectivity index (χ3v) is 10.4. The number of carbonyl (C=O) groups is 1. The van der Waals surface area contributed by atoms with Gasteiger partial charge in [0.2, 0.25) is 0 Å². The summed E-state index contributed by atoms with van der Waals surface area (Å²) in [7, 11) is -3.88. The second-order valence-corrected chi connectivity index (χ2v) is 13.1. The first-order chi connectivity index (χ1) is 19.9. The number of fused-ring (bicyclic) bond motifs is 2. The second-order valence-electron chi connectivity index (χ2n) is 10.9. The van der Waals surface area contributed by atoms with E-state index in [0.29, 0.717) is 22.5 Å². The largest absolute Gasteiger partial charge is 0.416 e. The zero-order chi connectivity index (χ0) is 29.9. The molecule has 0 N–H and O–H groups in total. The first-order valence-corrected chi connectivity index (χ1v) is 14.9. The third kappa shape index (κ3) is 4.75. The Labute approximate surface area is 239 Å². The van der Waals surface area contributed by atoms with Crippen molar-refractivity contribution in [2.75, 3.05) is 0 Å². The molecule has 0 bridgehead atoms. The van der Waals surface area contributed by atoms with Gasteiger partial charge in [-0.15, -0.1) is 0 Å². The van der Waals surface area contributed by atoms with Gasteiger partial charge in [-0.3, -0.25) is 9.78 Å². The standard InChI is InChI=1S/C31H25F4N3O3S/c1-19-3-2-4-25(13-19)42(40,41)26-10-5-21-15-28-20(18-37-38(28)24-8-6-23(32)7-9-24)16-30(21,17-26)29(39)27-14-22(11-12-36-27)31(33,34)35/h2-4,6-9,11-15,18,26H,5,10,16-17H2,1H3/t26-,30+/m1/s1. The average molecular weight is 596 g/mol. The van der Waals surface area contributed by atoms with Crippen molar-refractivity contribution in [1.29, 1.82) is 0 Å². The number of carbonyl (C=O) groups excluding carboxylic acids is 1. The van der Waals surface area contributed by atoms with Crippen LogP contribution in [0.15, 0.2) is 83.5 Å². The molecule has 2 aromatic carbocycles. The lowest BCUT2D eigenvalue weighted by Crippen LogP contribution is -2.46. The molecule has 0 saturated heterocycles. The number of rotatable bonds is 5. The highest BCUT2D eigenvalue weighted by molar-refractivity contribution is 7.92. The summed E-state index contributed by atoms with van der Waals surface area (Å²) in [6, 6.07) is 13.8. The van der Waals surface area contributed by atoms with E-state index in [1.165, 1.54) is 18.2 Å². The van der Waals surface area contributed by atoms with Crippen LogP contribution in [0.4, 0.5) is 17.6 Å². The van der Waals surface area contributed by atoms with E-state index in [0.717, 1.165) is 23.9 Å². The van der Waals surface area contributed by atoms with Crippen LogP contribution in [0.25, 0.3) is 11.8 Å². The van der Waals surface area contributed by atoms with Crippen molar-refractivity contribution in [3.05, 3.63) is 113 Å². The number of hydrogen-bond donors (Lipinski definition) is 0. The van der Waals surface area contributed by atoms with Gasteiger partial charge in [-0.25, -0.2) is 17.5 Å². The maximum atomic E-state index is 14.3. The lowest BCUT2D eigenvalue weighted by molar-refractivity contribution is -0.137. The maximum absolute atomic E-state index is 14.3. The molecule has 2 aliphatic rings. The fourth-order valence-corrected chi connectivity index (χ4v) is 8.01. The van der Waals surface area contributed by atoms with Gasteiger partial charge in [0.15, 0.2) is 15.6 Å². The molecule has 4 aromatic rings. The lowest BCUT2D eigenvalue weighted by atomic mass is 9.61. The average Bonchev–Trinajstić information content (AvgIpc) is 3.37. The van der Waals surface area contributed by atoms with E-state index in [9.17, 15) is 30.8 Å². The molecule has 2 aromatic heterocycles. The van der Waals surface area contributed by atoms with E-state index >= 15 is 0 Å².